The maximum Gasteiger partial charge on any atom is 0.257 e. The smallest absolute Gasteiger partial charge is 0.257 e. The van der Waals surface area contributed by atoms with Gasteiger partial charge in [0.05, 0.1) is 22.9 Å². The van der Waals surface area contributed by atoms with Crippen LogP contribution in [0.2, 0.25) is 0 Å². The number of nitriles is 1. The SMILES string of the molecule is CC12CCC(=O)N1c1ccccc1C(=O)N2CCC(=O)N1CCN(Cc2ccc(C#N)cc2)CC1. The van der Waals surface area contributed by atoms with Crippen molar-refractivity contribution >= 4 is 23.4 Å². The molecule has 0 aromatic heterocycles. The highest BCUT2D eigenvalue weighted by Crippen LogP contribution is 2.44. The van der Waals surface area contributed by atoms with Gasteiger partial charge in [-0.05, 0) is 43.2 Å². The van der Waals surface area contributed by atoms with Gasteiger partial charge in [-0.3, -0.25) is 24.2 Å². The molecule has 5 rings (SSSR count). The predicted octanol–water partition coefficient (Wildman–Crippen LogP) is 2.59. The third-order valence-electron chi connectivity index (χ3n) is 7.51. The molecule has 0 spiro atoms. The minimum absolute atomic E-state index is 0.0159. The van der Waals surface area contributed by atoms with Gasteiger partial charge in [0.1, 0.15) is 5.66 Å². The van der Waals surface area contributed by atoms with Crippen LogP contribution in [-0.4, -0.2) is 70.8 Å². The van der Waals surface area contributed by atoms with Crippen LogP contribution in [-0.2, 0) is 16.1 Å². The van der Waals surface area contributed by atoms with Crippen molar-refractivity contribution in [2.24, 2.45) is 0 Å². The Morgan fingerprint density at radius 2 is 1.74 bits per heavy atom. The van der Waals surface area contributed by atoms with Crippen LogP contribution in [0, 0.1) is 11.3 Å². The van der Waals surface area contributed by atoms with Crippen LogP contribution in [0.4, 0.5) is 5.69 Å². The molecule has 2 fully saturated rings. The van der Waals surface area contributed by atoms with Crippen LogP contribution in [0.3, 0.4) is 0 Å². The Hall–Kier alpha value is -3.70. The molecule has 0 N–H and O–H groups in total. The van der Waals surface area contributed by atoms with E-state index in [4.69, 9.17) is 5.26 Å². The zero-order valence-corrected chi connectivity index (χ0v) is 19.9. The first kappa shape index (κ1) is 23.1. The molecule has 0 saturated carbocycles. The minimum atomic E-state index is -0.734. The maximum atomic E-state index is 13.4. The highest BCUT2D eigenvalue weighted by molar-refractivity contribution is 6.10. The molecule has 180 valence electrons. The van der Waals surface area contributed by atoms with Gasteiger partial charge in [-0.15, -0.1) is 0 Å². The fourth-order valence-corrected chi connectivity index (χ4v) is 5.51. The molecule has 2 aromatic rings. The molecule has 35 heavy (non-hydrogen) atoms. The molecular weight excluding hydrogens is 442 g/mol. The molecule has 8 heteroatoms. The fourth-order valence-electron chi connectivity index (χ4n) is 5.51. The topological polar surface area (TPSA) is 88.0 Å². The lowest BCUT2D eigenvalue weighted by atomic mass is 9.98. The van der Waals surface area contributed by atoms with Gasteiger partial charge in [0.15, 0.2) is 0 Å². The van der Waals surface area contributed by atoms with Crippen molar-refractivity contribution in [2.45, 2.75) is 38.4 Å². The standard InChI is InChI=1S/C27H29N5O3/c1-27-12-10-25(34)32(27)23-5-3-2-4-22(23)26(35)31(27)13-11-24(33)30-16-14-29(15-17-30)19-21-8-6-20(18-28)7-9-21/h2-9H,10-17,19H2,1H3. The van der Waals surface area contributed by atoms with Gasteiger partial charge >= 0.3 is 0 Å². The van der Waals surface area contributed by atoms with Crippen LogP contribution >= 0.6 is 0 Å². The molecule has 0 bridgehead atoms. The van der Waals surface area contributed by atoms with Crippen LogP contribution < -0.4 is 4.90 Å². The highest BCUT2D eigenvalue weighted by atomic mass is 16.2. The first-order valence-corrected chi connectivity index (χ1v) is 12.1. The Morgan fingerprint density at radius 1 is 1.03 bits per heavy atom. The molecule has 1 atom stereocenters. The van der Waals surface area contributed by atoms with E-state index in [0.717, 1.165) is 25.2 Å². The van der Waals surface area contributed by atoms with E-state index in [-0.39, 0.29) is 30.7 Å². The van der Waals surface area contributed by atoms with Crippen molar-refractivity contribution in [3.63, 3.8) is 0 Å². The summed E-state index contributed by atoms with van der Waals surface area (Å²) in [6.07, 6.45) is 1.19. The second-order valence-corrected chi connectivity index (χ2v) is 9.64. The van der Waals surface area contributed by atoms with Gasteiger partial charge in [0.2, 0.25) is 11.8 Å². The Morgan fingerprint density at radius 3 is 2.46 bits per heavy atom. The van der Waals surface area contributed by atoms with Gasteiger partial charge in [0, 0.05) is 52.1 Å². The van der Waals surface area contributed by atoms with Crippen molar-refractivity contribution in [3.8, 4) is 6.07 Å². The van der Waals surface area contributed by atoms with Crippen molar-refractivity contribution in [2.75, 3.05) is 37.6 Å². The summed E-state index contributed by atoms with van der Waals surface area (Å²) in [7, 11) is 0. The second-order valence-electron chi connectivity index (χ2n) is 9.64. The fraction of sp³-hybridized carbons (Fsp3) is 0.407. The maximum absolute atomic E-state index is 13.4. The van der Waals surface area contributed by atoms with E-state index in [2.05, 4.69) is 11.0 Å². The van der Waals surface area contributed by atoms with Crippen molar-refractivity contribution < 1.29 is 14.4 Å². The van der Waals surface area contributed by atoms with Crippen molar-refractivity contribution in [1.29, 1.82) is 5.26 Å². The van der Waals surface area contributed by atoms with Gasteiger partial charge in [-0.2, -0.15) is 5.26 Å². The highest BCUT2D eigenvalue weighted by Gasteiger charge is 2.52. The zero-order chi connectivity index (χ0) is 24.6. The first-order chi connectivity index (χ1) is 16.9. The van der Waals surface area contributed by atoms with E-state index < -0.39 is 5.66 Å². The van der Waals surface area contributed by atoms with Crippen molar-refractivity contribution in [3.05, 3.63) is 65.2 Å². The number of fused-ring (bicyclic) bond motifs is 3. The summed E-state index contributed by atoms with van der Waals surface area (Å²) in [6.45, 7) is 5.86. The largest absolute Gasteiger partial charge is 0.340 e. The van der Waals surface area contributed by atoms with E-state index in [1.807, 2.05) is 48.2 Å². The molecule has 3 heterocycles. The molecular formula is C27H29N5O3. The number of benzene rings is 2. The second kappa shape index (κ2) is 9.16. The summed E-state index contributed by atoms with van der Waals surface area (Å²) in [5, 5.41) is 8.95. The summed E-state index contributed by atoms with van der Waals surface area (Å²) >= 11 is 0. The van der Waals surface area contributed by atoms with Gasteiger partial charge in [-0.1, -0.05) is 24.3 Å². The molecule has 2 aromatic carbocycles. The Bertz CT molecular complexity index is 1200. The summed E-state index contributed by atoms with van der Waals surface area (Å²) in [6, 6.07) is 17.0. The number of anilines is 1. The summed E-state index contributed by atoms with van der Waals surface area (Å²) in [5.74, 6) is -0.0644. The third kappa shape index (κ3) is 4.17. The summed E-state index contributed by atoms with van der Waals surface area (Å²) in [4.78, 5) is 46.8. The van der Waals surface area contributed by atoms with Crippen LogP contribution in [0.15, 0.2) is 48.5 Å². The lowest BCUT2D eigenvalue weighted by molar-refractivity contribution is -0.133. The number of piperazine rings is 1. The number of hydrogen-bond acceptors (Lipinski definition) is 5. The lowest BCUT2D eigenvalue weighted by Crippen LogP contribution is -2.62. The molecule has 8 nitrogen and oxygen atoms in total. The first-order valence-electron chi connectivity index (χ1n) is 12.1. The minimum Gasteiger partial charge on any atom is -0.340 e. The molecule has 0 aliphatic carbocycles. The molecule has 2 saturated heterocycles. The van der Waals surface area contributed by atoms with E-state index in [1.165, 1.54) is 0 Å². The molecule has 3 aliphatic rings. The number of para-hydroxylation sites is 1. The molecule has 0 radical (unpaired) electrons. The Kier molecular flexibility index (Phi) is 6.03. The Labute approximate surface area is 205 Å². The number of nitrogens with zero attached hydrogens (tertiary/aromatic N) is 5. The van der Waals surface area contributed by atoms with E-state index in [0.29, 0.717) is 42.7 Å². The average Bonchev–Trinajstić information content (AvgIpc) is 3.19. The third-order valence-corrected chi connectivity index (χ3v) is 7.51. The zero-order valence-electron chi connectivity index (χ0n) is 19.9. The molecule has 3 aliphatic heterocycles. The van der Waals surface area contributed by atoms with Crippen LogP contribution in [0.1, 0.15) is 47.7 Å². The number of hydrogen-bond donors (Lipinski definition) is 0. The normalized spacial score (nSPS) is 22.1. The molecule has 1 unspecified atom stereocenters. The van der Waals surface area contributed by atoms with Gasteiger partial charge in [0.25, 0.3) is 5.91 Å². The molecule has 3 amide bonds. The number of amides is 3. The number of carbonyl (C=O) groups excluding carboxylic acids is 3. The van der Waals surface area contributed by atoms with Gasteiger partial charge in [-0.25, -0.2) is 0 Å². The monoisotopic (exact) mass is 471 g/mol. The van der Waals surface area contributed by atoms with Crippen molar-refractivity contribution in [1.82, 2.24) is 14.7 Å². The lowest BCUT2D eigenvalue weighted by Gasteiger charge is -2.48. The summed E-state index contributed by atoms with van der Waals surface area (Å²) < 4.78 is 0. The van der Waals surface area contributed by atoms with E-state index in [9.17, 15) is 14.4 Å². The average molecular weight is 472 g/mol. The number of carbonyl (C=O) groups is 3. The quantitative estimate of drug-likeness (QED) is 0.669. The summed E-state index contributed by atoms with van der Waals surface area (Å²) in [5.41, 5.74) is 2.26. The van der Waals surface area contributed by atoms with Crippen LogP contribution in [0.25, 0.3) is 0 Å². The Balaban J connectivity index is 1.19. The van der Waals surface area contributed by atoms with Crippen LogP contribution in [0.5, 0.6) is 0 Å². The predicted molar refractivity (Wildman–Crippen MR) is 130 cm³/mol. The van der Waals surface area contributed by atoms with E-state index >= 15 is 0 Å². The van der Waals surface area contributed by atoms with E-state index in [1.54, 1.807) is 21.9 Å². The number of rotatable bonds is 5. The van der Waals surface area contributed by atoms with Gasteiger partial charge < -0.3 is 9.80 Å².